The second kappa shape index (κ2) is 7.12. The molecule has 0 bridgehead atoms. The van der Waals surface area contributed by atoms with Gasteiger partial charge in [-0.05, 0) is 33.3 Å². The van der Waals surface area contributed by atoms with Gasteiger partial charge in [-0.3, -0.25) is 15.5 Å². The Bertz CT molecular complexity index is 724. The third-order valence-electron chi connectivity index (χ3n) is 3.39. The molecule has 0 saturated carbocycles. The van der Waals surface area contributed by atoms with Gasteiger partial charge in [-0.15, -0.1) is 0 Å². The average Bonchev–Trinajstić information content (AvgIpc) is 2.50. The first-order chi connectivity index (χ1) is 11.3. The summed E-state index contributed by atoms with van der Waals surface area (Å²) in [7, 11) is 0. The van der Waals surface area contributed by atoms with Crippen LogP contribution in [0.1, 0.15) is 39.2 Å². The molecule has 1 heterocycles. The predicted octanol–water partition coefficient (Wildman–Crippen LogP) is 3.45. The largest absolute Gasteiger partial charge is 0.513 e. The van der Waals surface area contributed by atoms with Crippen molar-refractivity contribution < 1.29 is 19.2 Å². The molecule has 0 spiro atoms. The molecule has 1 aromatic carbocycles. The van der Waals surface area contributed by atoms with Crippen molar-refractivity contribution in [2.45, 2.75) is 39.7 Å². The maximum absolute atomic E-state index is 11.9. The molecule has 24 heavy (non-hydrogen) atoms. The van der Waals surface area contributed by atoms with Crippen LogP contribution in [0.4, 0.5) is 10.5 Å². The zero-order valence-corrected chi connectivity index (χ0v) is 13.9. The van der Waals surface area contributed by atoms with Crippen LogP contribution in [-0.2, 0) is 9.47 Å². The number of nitrogens with zero attached hydrogens (tertiary/aromatic N) is 2. The zero-order valence-electron chi connectivity index (χ0n) is 13.9. The van der Waals surface area contributed by atoms with Gasteiger partial charge in [-0.25, -0.2) is 4.79 Å². The SMILES string of the molecule is CC1=NNC(C)=C(OC(=O)OC(C)C)C1c1cccc([N+](=O)[O-])c1. The maximum atomic E-state index is 11.9. The summed E-state index contributed by atoms with van der Waals surface area (Å²) in [5, 5.41) is 15.2. The van der Waals surface area contributed by atoms with Gasteiger partial charge in [0.25, 0.3) is 5.69 Å². The molecule has 0 saturated heterocycles. The fourth-order valence-corrected chi connectivity index (χ4v) is 2.35. The number of non-ortho nitro benzene ring substituents is 1. The van der Waals surface area contributed by atoms with E-state index in [2.05, 4.69) is 10.5 Å². The molecular formula is C16H19N3O5. The second-order valence-corrected chi connectivity index (χ2v) is 5.66. The number of carbonyl (C=O) groups is 1. The lowest BCUT2D eigenvalue weighted by Crippen LogP contribution is -2.28. The van der Waals surface area contributed by atoms with Crippen molar-refractivity contribution in [1.29, 1.82) is 0 Å². The molecule has 0 aliphatic carbocycles. The van der Waals surface area contributed by atoms with Crippen LogP contribution in [-0.4, -0.2) is 22.9 Å². The van der Waals surface area contributed by atoms with Crippen LogP contribution in [0.2, 0.25) is 0 Å². The Morgan fingerprint density at radius 1 is 1.38 bits per heavy atom. The number of hydrazone groups is 1. The van der Waals surface area contributed by atoms with Crippen LogP contribution in [0.5, 0.6) is 0 Å². The highest BCUT2D eigenvalue weighted by Crippen LogP contribution is 2.33. The van der Waals surface area contributed by atoms with Crippen LogP contribution in [0.15, 0.2) is 40.8 Å². The van der Waals surface area contributed by atoms with Crippen molar-refractivity contribution in [1.82, 2.24) is 5.43 Å². The number of carbonyl (C=O) groups excluding carboxylic acids is 1. The van der Waals surface area contributed by atoms with E-state index in [9.17, 15) is 14.9 Å². The lowest BCUT2D eigenvalue weighted by molar-refractivity contribution is -0.384. The molecular weight excluding hydrogens is 314 g/mol. The zero-order chi connectivity index (χ0) is 17.9. The fourth-order valence-electron chi connectivity index (χ4n) is 2.35. The summed E-state index contributed by atoms with van der Waals surface area (Å²) in [6.45, 7) is 6.89. The van der Waals surface area contributed by atoms with Crippen LogP contribution >= 0.6 is 0 Å². The van der Waals surface area contributed by atoms with E-state index in [1.807, 2.05) is 0 Å². The first kappa shape index (κ1) is 17.5. The van der Waals surface area contributed by atoms with E-state index >= 15 is 0 Å². The molecule has 0 amide bonds. The Morgan fingerprint density at radius 3 is 2.71 bits per heavy atom. The Hall–Kier alpha value is -2.90. The molecule has 0 radical (unpaired) electrons. The van der Waals surface area contributed by atoms with Crippen LogP contribution < -0.4 is 5.43 Å². The second-order valence-electron chi connectivity index (χ2n) is 5.66. The van der Waals surface area contributed by atoms with E-state index in [4.69, 9.17) is 9.47 Å². The highest BCUT2D eigenvalue weighted by molar-refractivity contribution is 5.92. The quantitative estimate of drug-likeness (QED) is 0.514. The predicted molar refractivity (Wildman–Crippen MR) is 87.5 cm³/mol. The minimum absolute atomic E-state index is 0.0411. The standard InChI is InChI=1S/C16H19N3O5/c1-9(2)23-16(20)24-15-11(4)18-17-10(3)14(15)12-6-5-7-13(8-12)19(21)22/h5-9,14,18H,1-4H3. The van der Waals surface area contributed by atoms with Crippen molar-refractivity contribution in [2.24, 2.45) is 5.10 Å². The fraction of sp³-hybridized carbons (Fsp3) is 0.375. The number of ether oxygens (including phenoxy) is 2. The summed E-state index contributed by atoms with van der Waals surface area (Å²) in [4.78, 5) is 22.4. The van der Waals surface area contributed by atoms with Gasteiger partial charge in [0, 0.05) is 12.1 Å². The Kier molecular flexibility index (Phi) is 5.18. The summed E-state index contributed by atoms with van der Waals surface area (Å²) >= 11 is 0. The minimum atomic E-state index is -0.828. The van der Waals surface area contributed by atoms with Crippen LogP contribution in [0, 0.1) is 10.1 Å². The summed E-state index contributed by atoms with van der Waals surface area (Å²) in [6.07, 6.45) is -1.15. The van der Waals surface area contributed by atoms with Crippen molar-refractivity contribution in [3.05, 3.63) is 51.4 Å². The van der Waals surface area contributed by atoms with Gasteiger partial charge in [0.1, 0.15) is 5.76 Å². The third-order valence-corrected chi connectivity index (χ3v) is 3.39. The Balaban J connectivity index is 2.38. The molecule has 1 N–H and O–H groups in total. The Labute approximate surface area is 139 Å². The number of hydrogen-bond donors (Lipinski definition) is 1. The normalized spacial score (nSPS) is 17.2. The average molecular weight is 333 g/mol. The summed E-state index contributed by atoms with van der Waals surface area (Å²) in [6, 6.07) is 6.16. The third kappa shape index (κ3) is 3.89. The lowest BCUT2D eigenvalue weighted by atomic mass is 9.90. The minimum Gasteiger partial charge on any atom is -0.431 e. The van der Waals surface area contributed by atoms with Crippen molar-refractivity contribution >= 4 is 17.6 Å². The first-order valence-electron chi connectivity index (χ1n) is 7.43. The van der Waals surface area contributed by atoms with Gasteiger partial charge >= 0.3 is 6.16 Å². The molecule has 1 unspecified atom stereocenters. The molecule has 0 aromatic heterocycles. The number of nitro groups is 1. The maximum Gasteiger partial charge on any atom is 0.513 e. The van der Waals surface area contributed by atoms with Gasteiger partial charge in [0.15, 0.2) is 0 Å². The molecule has 2 rings (SSSR count). The van der Waals surface area contributed by atoms with Crippen molar-refractivity contribution in [3.8, 4) is 0 Å². The highest BCUT2D eigenvalue weighted by Gasteiger charge is 2.30. The van der Waals surface area contributed by atoms with Crippen molar-refractivity contribution in [2.75, 3.05) is 0 Å². The molecule has 1 aliphatic rings. The molecule has 0 fully saturated rings. The molecule has 8 nitrogen and oxygen atoms in total. The van der Waals surface area contributed by atoms with E-state index in [0.717, 1.165) is 0 Å². The van der Waals surface area contributed by atoms with Gasteiger partial charge < -0.3 is 9.47 Å². The molecule has 1 atom stereocenters. The highest BCUT2D eigenvalue weighted by atomic mass is 16.7. The summed E-state index contributed by atoms with van der Waals surface area (Å²) in [5.74, 6) is -0.195. The summed E-state index contributed by atoms with van der Waals surface area (Å²) in [5.41, 5.74) is 4.51. The van der Waals surface area contributed by atoms with E-state index < -0.39 is 17.0 Å². The number of hydrogen-bond acceptors (Lipinski definition) is 7. The van der Waals surface area contributed by atoms with Crippen LogP contribution in [0.3, 0.4) is 0 Å². The monoisotopic (exact) mass is 333 g/mol. The van der Waals surface area contributed by atoms with Crippen molar-refractivity contribution in [3.63, 3.8) is 0 Å². The van der Waals surface area contributed by atoms with E-state index in [0.29, 0.717) is 22.7 Å². The molecule has 128 valence electrons. The van der Waals surface area contributed by atoms with E-state index in [1.54, 1.807) is 39.8 Å². The number of benzene rings is 1. The Morgan fingerprint density at radius 2 is 2.08 bits per heavy atom. The molecule has 8 heteroatoms. The number of allylic oxidation sites excluding steroid dienone is 2. The number of nitro benzene ring substituents is 1. The van der Waals surface area contributed by atoms with Gasteiger partial charge in [0.2, 0.25) is 0 Å². The van der Waals surface area contributed by atoms with Crippen LogP contribution in [0.25, 0.3) is 0 Å². The smallest absolute Gasteiger partial charge is 0.431 e. The van der Waals surface area contributed by atoms with E-state index in [1.165, 1.54) is 12.1 Å². The first-order valence-corrected chi connectivity index (χ1v) is 7.43. The molecule has 1 aliphatic heterocycles. The lowest BCUT2D eigenvalue weighted by Gasteiger charge is -2.26. The van der Waals surface area contributed by atoms with Gasteiger partial charge in [-0.2, -0.15) is 5.10 Å². The number of rotatable bonds is 4. The van der Waals surface area contributed by atoms with Gasteiger partial charge in [-0.1, -0.05) is 12.1 Å². The van der Waals surface area contributed by atoms with Gasteiger partial charge in [0.05, 0.1) is 28.4 Å². The molecule has 1 aromatic rings. The van der Waals surface area contributed by atoms with E-state index in [-0.39, 0.29) is 11.8 Å². The topological polar surface area (TPSA) is 103 Å². The summed E-state index contributed by atoms with van der Waals surface area (Å²) < 4.78 is 10.4. The number of nitrogens with one attached hydrogen (secondary N) is 1.